The molecule has 0 radical (unpaired) electrons. The number of aromatic nitrogens is 3. The number of carbonyl (C=O) groups is 1. The van der Waals surface area contributed by atoms with Gasteiger partial charge in [0.25, 0.3) is 0 Å². The number of carboxylic acid groups (broad SMARTS) is 1. The second kappa shape index (κ2) is 11.6. The summed E-state index contributed by atoms with van der Waals surface area (Å²) < 4.78 is 0. The molecule has 4 N–H and O–H groups in total. The third-order valence-electron chi connectivity index (χ3n) is 5.50. The lowest BCUT2D eigenvalue weighted by atomic mass is 9.91. The molecule has 3 rings (SSSR count). The summed E-state index contributed by atoms with van der Waals surface area (Å²) in [5, 5.41) is 25.6. The number of pyridine rings is 1. The number of carboxylic acids is 1. The molecule has 0 fully saturated rings. The molecule has 1 aromatic carbocycles. The summed E-state index contributed by atoms with van der Waals surface area (Å²) in [6.07, 6.45) is 1.37. The zero-order valence-corrected chi connectivity index (χ0v) is 22.2. The number of anilines is 1. The smallest absolute Gasteiger partial charge is 0.305 e. The van der Waals surface area contributed by atoms with Gasteiger partial charge in [-0.15, -0.1) is 0 Å². The Morgan fingerprint density at radius 3 is 2.50 bits per heavy atom. The highest BCUT2D eigenvalue weighted by Gasteiger charge is 2.23. The van der Waals surface area contributed by atoms with Gasteiger partial charge in [-0.05, 0) is 44.2 Å². The highest BCUT2D eigenvalue weighted by atomic mass is 16.4. The SMILES string of the molecule is CC(C)(CC(=O)O)Nc1nc(C(C=NCc2cccc(C(C)(C)C)n2)=NN)cc(-c2cccc(C#N)c2)n1. The van der Waals surface area contributed by atoms with E-state index in [1.165, 1.54) is 6.21 Å². The van der Waals surface area contributed by atoms with Crippen LogP contribution in [0.25, 0.3) is 11.3 Å². The Morgan fingerprint density at radius 1 is 1.11 bits per heavy atom. The topological polar surface area (TPSA) is 163 Å². The summed E-state index contributed by atoms with van der Waals surface area (Å²) in [5.41, 5.74) is 3.21. The van der Waals surface area contributed by atoms with Crippen molar-refractivity contribution < 1.29 is 9.90 Å². The van der Waals surface area contributed by atoms with Crippen molar-refractivity contribution in [1.82, 2.24) is 15.0 Å². The highest BCUT2D eigenvalue weighted by molar-refractivity contribution is 6.37. The number of rotatable bonds is 9. The maximum Gasteiger partial charge on any atom is 0.305 e. The number of nitrogens with two attached hydrogens (primary N) is 1. The van der Waals surface area contributed by atoms with Crippen LogP contribution in [0.4, 0.5) is 5.95 Å². The maximum atomic E-state index is 11.3. The fourth-order valence-corrected chi connectivity index (χ4v) is 3.63. The third-order valence-corrected chi connectivity index (χ3v) is 5.50. The second-order valence-corrected chi connectivity index (χ2v) is 10.5. The first-order valence-corrected chi connectivity index (χ1v) is 12.0. The van der Waals surface area contributed by atoms with E-state index in [9.17, 15) is 15.2 Å². The molecule has 0 aliphatic heterocycles. The van der Waals surface area contributed by atoms with Gasteiger partial charge < -0.3 is 16.3 Å². The summed E-state index contributed by atoms with van der Waals surface area (Å²) in [6, 6.07) is 16.7. The number of hydrazone groups is 1. The number of nitrogens with one attached hydrogen (secondary N) is 1. The fourth-order valence-electron chi connectivity index (χ4n) is 3.63. The van der Waals surface area contributed by atoms with E-state index in [4.69, 9.17) is 10.8 Å². The molecule has 2 heterocycles. The third kappa shape index (κ3) is 7.67. The van der Waals surface area contributed by atoms with Gasteiger partial charge in [-0.1, -0.05) is 39.0 Å². The second-order valence-electron chi connectivity index (χ2n) is 10.5. The van der Waals surface area contributed by atoms with Crippen LogP contribution in [0.1, 0.15) is 63.7 Å². The van der Waals surface area contributed by atoms with Crippen LogP contribution >= 0.6 is 0 Å². The Morgan fingerprint density at radius 2 is 1.84 bits per heavy atom. The summed E-state index contributed by atoms with van der Waals surface area (Å²) >= 11 is 0. The molecule has 2 aromatic heterocycles. The number of benzene rings is 1. The van der Waals surface area contributed by atoms with Gasteiger partial charge in [-0.3, -0.25) is 14.8 Å². The summed E-state index contributed by atoms with van der Waals surface area (Å²) in [4.78, 5) is 29.6. The molecule has 10 heteroatoms. The first-order valence-electron chi connectivity index (χ1n) is 12.0. The predicted octanol–water partition coefficient (Wildman–Crippen LogP) is 4.31. The van der Waals surface area contributed by atoms with Crippen molar-refractivity contribution in [3.05, 3.63) is 71.2 Å². The Bertz CT molecular complexity index is 1410. The van der Waals surface area contributed by atoms with E-state index < -0.39 is 11.5 Å². The van der Waals surface area contributed by atoms with Crippen LogP contribution in [0.3, 0.4) is 0 Å². The number of hydrogen-bond acceptors (Lipinski definition) is 9. The molecule has 10 nitrogen and oxygen atoms in total. The molecular formula is C28H32N8O2. The molecule has 0 saturated carbocycles. The molecule has 0 amide bonds. The largest absolute Gasteiger partial charge is 0.481 e. The molecule has 0 unspecified atom stereocenters. The standard InChI is InChI=1S/C28H32N8O2/c1-27(2,3)24-11-7-10-20(32-24)16-31-17-23(36-30)22-13-21(19-9-6-8-18(12-19)15-29)33-26(34-22)35-28(4,5)14-25(37)38/h6-13,17H,14,16,30H2,1-5H3,(H,37,38)(H,33,34,35). The van der Waals surface area contributed by atoms with Crippen molar-refractivity contribution in [2.75, 3.05) is 5.32 Å². The van der Waals surface area contributed by atoms with Crippen molar-refractivity contribution in [1.29, 1.82) is 5.26 Å². The summed E-state index contributed by atoms with van der Waals surface area (Å²) in [5.74, 6) is 4.96. The van der Waals surface area contributed by atoms with Gasteiger partial charge in [-0.25, -0.2) is 9.97 Å². The molecular weight excluding hydrogens is 480 g/mol. The minimum absolute atomic E-state index is 0.0817. The number of hydrogen-bond donors (Lipinski definition) is 3. The molecule has 0 aliphatic carbocycles. The minimum atomic E-state index is -0.957. The van der Waals surface area contributed by atoms with Gasteiger partial charge in [0, 0.05) is 22.2 Å². The van der Waals surface area contributed by atoms with Crippen LogP contribution in [-0.2, 0) is 16.8 Å². The molecule has 0 atom stereocenters. The predicted molar refractivity (Wildman–Crippen MR) is 148 cm³/mol. The lowest BCUT2D eigenvalue weighted by molar-refractivity contribution is -0.137. The zero-order valence-electron chi connectivity index (χ0n) is 22.2. The van der Waals surface area contributed by atoms with E-state index in [-0.39, 0.29) is 17.8 Å². The van der Waals surface area contributed by atoms with Gasteiger partial charge in [0.05, 0.1) is 47.9 Å². The molecule has 0 spiro atoms. The first-order chi connectivity index (χ1) is 17.9. The lowest BCUT2D eigenvalue weighted by Gasteiger charge is -2.24. The molecule has 0 bridgehead atoms. The van der Waals surface area contributed by atoms with Gasteiger partial charge in [0.2, 0.25) is 5.95 Å². The first kappa shape index (κ1) is 27.9. The van der Waals surface area contributed by atoms with Crippen LogP contribution < -0.4 is 11.2 Å². The van der Waals surface area contributed by atoms with Crippen LogP contribution in [0, 0.1) is 11.3 Å². The van der Waals surface area contributed by atoms with Gasteiger partial charge in [0.15, 0.2) is 0 Å². The van der Waals surface area contributed by atoms with E-state index in [0.717, 1.165) is 11.4 Å². The number of nitriles is 1. The van der Waals surface area contributed by atoms with E-state index in [1.54, 1.807) is 38.1 Å². The minimum Gasteiger partial charge on any atom is -0.481 e. The summed E-state index contributed by atoms with van der Waals surface area (Å²) in [7, 11) is 0. The van der Waals surface area contributed by atoms with Crippen molar-refractivity contribution in [3.63, 3.8) is 0 Å². The Labute approximate surface area is 222 Å². The maximum absolute atomic E-state index is 11.3. The molecule has 196 valence electrons. The zero-order chi connectivity index (χ0) is 27.9. The van der Waals surface area contributed by atoms with E-state index in [2.05, 4.69) is 52.2 Å². The van der Waals surface area contributed by atoms with Crippen molar-refractivity contribution >= 4 is 23.8 Å². The molecule has 0 aliphatic rings. The van der Waals surface area contributed by atoms with Crippen molar-refractivity contribution in [2.24, 2.45) is 15.9 Å². The van der Waals surface area contributed by atoms with Gasteiger partial charge in [0.1, 0.15) is 5.71 Å². The quantitative estimate of drug-likeness (QED) is 0.217. The van der Waals surface area contributed by atoms with E-state index in [0.29, 0.717) is 34.8 Å². The highest BCUT2D eigenvalue weighted by Crippen LogP contribution is 2.23. The van der Waals surface area contributed by atoms with Crippen LogP contribution in [0.2, 0.25) is 0 Å². The average Bonchev–Trinajstić information content (AvgIpc) is 2.85. The average molecular weight is 513 g/mol. The molecule has 38 heavy (non-hydrogen) atoms. The lowest BCUT2D eigenvalue weighted by Crippen LogP contribution is -2.34. The monoisotopic (exact) mass is 512 g/mol. The number of nitrogens with zero attached hydrogens (tertiary/aromatic N) is 6. The van der Waals surface area contributed by atoms with E-state index >= 15 is 0 Å². The fraction of sp³-hybridized carbons (Fsp3) is 0.321. The molecule has 0 saturated heterocycles. The Kier molecular flexibility index (Phi) is 8.53. The van der Waals surface area contributed by atoms with Crippen LogP contribution in [-0.4, -0.2) is 43.5 Å². The number of aliphatic carboxylic acids is 1. The summed E-state index contributed by atoms with van der Waals surface area (Å²) in [6.45, 7) is 10.1. The van der Waals surface area contributed by atoms with Crippen LogP contribution in [0.15, 0.2) is 58.6 Å². The van der Waals surface area contributed by atoms with E-state index in [1.807, 2.05) is 24.3 Å². The van der Waals surface area contributed by atoms with Gasteiger partial charge >= 0.3 is 5.97 Å². The molecule has 3 aromatic rings. The Hall–Kier alpha value is -4.65. The van der Waals surface area contributed by atoms with Crippen LogP contribution in [0.5, 0.6) is 0 Å². The van der Waals surface area contributed by atoms with Crippen molar-refractivity contribution in [2.45, 2.75) is 58.5 Å². The van der Waals surface area contributed by atoms with Gasteiger partial charge in [-0.2, -0.15) is 10.4 Å². The van der Waals surface area contributed by atoms with Crippen molar-refractivity contribution in [3.8, 4) is 17.3 Å². The normalized spacial score (nSPS) is 12.4. The Balaban J connectivity index is 1.97. The number of aliphatic imine (C=N–C) groups is 1.